The monoisotopic (exact) mass is 454 g/mol. The van der Waals surface area contributed by atoms with Crippen LogP contribution >= 0.6 is 0 Å². The first kappa shape index (κ1) is 21.3. The molecule has 3 fully saturated rings. The summed E-state index contributed by atoms with van der Waals surface area (Å²) in [4.78, 5) is 7.12. The maximum Gasteiger partial charge on any atom is 0.119 e. The van der Waals surface area contributed by atoms with Crippen molar-refractivity contribution in [2.75, 3.05) is 13.7 Å². The van der Waals surface area contributed by atoms with Gasteiger partial charge in [-0.2, -0.15) is 0 Å². The summed E-state index contributed by atoms with van der Waals surface area (Å²) < 4.78 is 7.43. The molecule has 3 aliphatic rings. The minimum Gasteiger partial charge on any atom is -0.497 e. The maximum absolute atomic E-state index is 7.01. The Kier molecular flexibility index (Phi) is 5.51. The van der Waals surface area contributed by atoms with Crippen molar-refractivity contribution in [3.63, 3.8) is 0 Å². The summed E-state index contributed by atoms with van der Waals surface area (Å²) in [6, 6.07) is 18.9. The predicted octanol–water partition coefficient (Wildman–Crippen LogP) is 4.11. The molecule has 2 aromatic heterocycles. The largest absolute Gasteiger partial charge is 0.497 e. The van der Waals surface area contributed by atoms with Crippen LogP contribution in [0.3, 0.4) is 0 Å². The van der Waals surface area contributed by atoms with E-state index in [1.54, 1.807) is 7.11 Å². The van der Waals surface area contributed by atoms with E-state index in [1.165, 1.54) is 12.0 Å². The highest BCUT2D eigenvalue weighted by Gasteiger charge is 2.44. The molecule has 0 aliphatic carbocycles. The second-order valence-corrected chi connectivity index (χ2v) is 9.58. The molecule has 0 amide bonds. The number of nitrogens with two attached hydrogens (primary N) is 1. The lowest BCUT2D eigenvalue weighted by Crippen LogP contribution is -2.54. The minimum absolute atomic E-state index is 0.109. The fourth-order valence-electron chi connectivity index (χ4n) is 5.87. The van der Waals surface area contributed by atoms with Gasteiger partial charge < -0.3 is 10.5 Å². The van der Waals surface area contributed by atoms with Crippen LogP contribution in [0.1, 0.15) is 48.2 Å². The molecule has 0 radical (unpaired) electrons. The Balaban J connectivity index is 1.28. The average Bonchev–Trinajstić information content (AvgIpc) is 3.36. The van der Waals surface area contributed by atoms with E-state index in [9.17, 15) is 0 Å². The molecule has 2 bridgehead atoms. The number of piperidine rings is 3. The van der Waals surface area contributed by atoms with Crippen LogP contribution in [-0.2, 0) is 6.54 Å². The van der Waals surface area contributed by atoms with Crippen LogP contribution in [0.15, 0.2) is 67.0 Å². The Bertz CT molecular complexity index is 1290. The van der Waals surface area contributed by atoms with Crippen LogP contribution in [0.25, 0.3) is 10.9 Å². The number of benzene rings is 2. The molecule has 3 saturated heterocycles. The molecule has 174 valence electrons. The Morgan fingerprint density at radius 3 is 2.82 bits per heavy atom. The Morgan fingerprint density at radius 1 is 1.12 bits per heavy atom. The van der Waals surface area contributed by atoms with E-state index in [-0.39, 0.29) is 18.1 Å². The second-order valence-electron chi connectivity index (χ2n) is 9.58. The molecule has 3 aliphatic heterocycles. The number of hydrogen-bond acceptors (Lipinski definition) is 6. The highest BCUT2D eigenvalue weighted by Crippen LogP contribution is 2.46. The molecule has 4 aromatic rings. The first-order chi connectivity index (χ1) is 16.7. The third kappa shape index (κ3) is 3.85. The molecule has 2 unspecified atom stereocenters. The van der Waals surface area contributed by atoms with Crippen LogP contribution in [0.5, 0.6) is 5.75 Å². The van der Waals surface area contributed by atoms with E-state index >= 15 is 0 Å². The van der Waals surface area contributed by atoms with Crippen molar-refractivity contribution in [1.82, 2.24) is 24.9 Å². The van der Waals surface area contributed by atoms with E-state index in [0.29, 0.717) is 5.92 Å². The lowest BCUT2D eigenvalue weighted by atomic mass is 9.75. The lowest BCUT2D eigenvalue weighted by Gasteiger charge is -2.52. The van der Waals surface area contributed by atoms with Gasteiger partial charge in [-0.1, -0.05) is 35.5 Å². The van der Waals surface area contributed by atoms with Gasteiger partial charge in [-0.3, -0.25) is 9.88 Å². The molecule has 2 aromatic carbocycles. The number of fused-ring (bicyclic) bond motifs is 4. The zero-order chi connectivity index (χ0) is 23.1. The highest BCUT2D eigenvalue weighted by atomic mass is 16.5. The summed E-state index contributed by atoms with van der Waals surface area (Å²) in [5.41, 5.74) is 11.4. The van der Waals surface area contributed by atoms with Gasteiger partial charge in [0.15, 0.2) is 0 Å². The first-order valence-electron chi connectivity index (χ1n) is 12.1. The summed E-state index contributed by atoms with van der Waals surface area (Å²) in [7, 11) is 1.69. The van der Waals surface area contributed by atoms with Gasteiger partial charge in [0, 0.05) is 23.7 Å². The summed E-state index contributed by atoms with van der Waals surface area (Å²) in [5, 5.41) is 10.1. The molecular formula is C27H30N6O. The maximum atomic E-state index is 7.01. The van der Waals surface area contributed by atoms with Crippen molar-refractivity contribution < 1.29 is 4.74 Å². The van der Waals surface area contributed by atoms with E-state index in [4.69, 9.17) is 10.5 Å². The highest BCUT2D eigenvalue weighted by molar-refractivity contribution is 5.84. The van der Waals surface area contributed by atoms with Gasteiger partial charge in [-0.05, 0) is 67.1 Å². The van der Waals surface area contributed by atoms with Gasteiger partial charge in [0.25, 0.3) is 0 Å². The van der Waals surface area contributed by atoms with Crippen LogP contribution in [0.2, 0.25) is 0 Å². The van der Waals surface area contributed by atoms with Crippen LogP contribution in [0, 0.1) is 5.92 Å². The van der Waals surface area contributed by atoms with Crippen molar-refractivity contribution in [2.45, 2.75) is 43.9 Å². The smallest absolute Gasteiger partial charge is 0.119 e. The Hall–Kier alpha value is -3.29. The van der Waals surface area contributed by atoms with Crippen molar-refractivity contribution in [3.8, 4) is 5.75 Å². The molecule has 7 nitrogen and oxygen atoms in total. The van der Waals surface area contributed by atoms with Gasteiger partial charge in [0.1, 0.15) is 5.75 Å². The van der Waals surface area contributed by atoms with E-state index in [0.717, 1.165) is 53.8 Å². The zero-order valence-electron chi connectivity index (χ0n) is 19.4. The molecular weight excluding hydrogens is 424 g/mol. The number of nitrogens with zero attached hydrogens (tertiary/aromatic N) is 5. The number of hydrogen-bond donors (Lipinski definition) is 1. The van der Waals surface area contributed by atoms with E-state index in [1.807, 2.05) is 29.1 Å². The molecule has 0 spiro atoms. The molecule has 5 heterocycles. The topological polar surface area (TPSA) is 82.1 Å². The minimum atomic E-state index is -0.109. The fraction of sp³-hybridized carbons (Fsp3) is 0.370. The van der Waals surface area contributed by atoms with Gasteiger partial charge in [-0.15, -0.1) is 5.10 Å². The van der Waals surface area contributed by atoms with Crippen LogP contribution < -0.4 is 10.5 Å². The van der Waals surface area contributed by atoms with Crippen molar-refractivity contribution in [2.24, 2.45) is 11.7 Å². The predicted molar refractivity (Wildman–Crippen MR) is 131 cm³/mol. The van der Waals surface area contributed by atoms with Crippen molar-refractivity contribution in [1.29, 1.82) is 0 Å². The summed E-state index contributed by atoms with van der Waals surface area (Å²) in [6.45, 7) is 1.78. The molecule has 7 heteroatoms. The Labute approximate surface area is 199 Å². The van der Waals surface area contributed by atoms with Crippen molar-refractivity contribution in [3.05, 3.63) is 83.8 Å². The Morgan fingerprint density at radius 2 is 2.00 bits per heavy atom. The molecule has 5 atom stereocenters. The molecule has 34 heavy (non-hydrogen) atoms. The fourth-order valence-corrected chi connectivity index (χ4v) is 5.87. The number of ether oxygens (including phenoxy) is 1. The molecule has 2 N–H and O–H groups in total. The number of rotatable bonds is 6. The normalized spacial score (nSPS) is 24.9. The summed E-state index contributed by atoms with van der Waals surface area (Å²) >= 11 is 0. The number of methoxy groups -OCH3 is 1. The van der Waals surface area contributed by atoms with Crippen LogP contribution in [-0.4, -0.2) is 44.6 Å². The second kappa shape index (κ2) is 8.81. The SMILES string of the molecule is COc1ccc2nccc([C@H](N)[C@H]3C[C@H]4CCN3C(c3cn(Cc5ccccc5)nn3)C4)c2c1. The molecule has 0 saturated carbocycles. The van der Waals surface area contributed by atoms with Gasteiger partial charge in [-0.25, -0.2) is 4.68 Å². The van der Waals surface area contributed by atoms with Crippen molar-refractivity contribution >= 4 is 10.9 Å². The van der Waals surface area contributed by atoms with Gasteiger partial charge >= 0.3 is 0 Å². The van der Waals surface area contributed by atoms with E-state index in [2.05, 4.69) is 62.8 Å². The summed E-state index contributed by atoms with van der Waals surface area (Å²) in [6.07, 6.45) is 7.45. The lowest BCUT2D eigenvalue weighted by molar-refractivity contribution is -0.0172. The van der Waals surface area contributed by atoms with E-state index < -0.39 is 0 Å². The van der Waals surface area contributed by atoms with Gasteiger partial charge in [0.05, 0.1) is 37.1 Å². The van der Waals surface area contributed by atoms with Gasteiger partial charge in [0.2, 0.25) is 0 Å². The average molecular weight is 455 g/mol. The number of pyridine rings is 1. The first-order valence-corrected chi connectivity index (χ1v) is 12.1. The third-order valence-electron chi connectivity index (χ3n) is 7.59. The molecule has 7 rings (SSSR count). The third-order valence-corrected chi connectivity index (χ3v) is 7.59. The number of aromatic nitrogens is 4. The summed E-state index contributed by atoms with van der Waals surface area (Å²) in [5.74, 6) is 1.49. The zero-order valence-corrected chi connectivity index (χ0v) is 19.4. The quantitative estimate of drug-likeness (QED) is 0.472. The van der Waals surface area contributed by atoms with Crippen LogP contribution in [0.4, 0.5) is 0 Å². The standard InChI is InChI=1S/C27H30N6O/c1-34-20-7-8-23-22(15-20)21(9-11-29-23)27(28)26-14-19-10-12-33(26)25(13-19)24-17-32(31-30-24)16-18-5-3-2-4-6-18/h2-9,11,15,17,19,25-27H,10,12-14,16,28H2,1H3/t19-,25?,26+,27-/m0/s1.